The SMILES string of the molecule is CCCNC(=O)[C@@H](CC)N(Cc1ccccc1Cl)C(=O)COc1ccccc1C(C)C. The maximum absolute atomic E-state index is 13.3. The van der Waals surface area contributed by atoms with Crippen LogP contribution in [0.4, 0.5) is 0 Å². The first-order valence-corrected chi connectivity index (χ1v) is 11.3. The van der Waals surface area contributed by atoms with Crippen molar-refractivity contribution in [2.45, 2.75) is 59.0 Å². The Morgan fingerprint density at radius 3 is 2.39 bits per heavy atom. The number of benzene rings is 2. The summed E-state index contributed by atoms with van der Waals surface area (Å²) < 4.78 is 5.91. The summed E-state index contributed by atoms with van der Waals surface area (Å²) in [5.41, 5.74) is 1.84. The van der Waals surface area contributed by atoms with E-state index in [2.05, 4.69) is 19.2 Å². The fourth-order valence-corrected chi connectivity index (χ4v) is 3.60. The van der Waals surface area contributed by atoms with Crippen molar-refractivity contribution in [2.24, 2.45) is 0 Å². The number of para-hydroxylation sites is 1. The van der Waals surface area contributed by atoms with Crippen LogP contribution in [-0.2, 0) is 16.1 Å². The third-order valence-electron chi connectivity index (χ3n) is 5.13. The topological polar surface area (TPSA) is 58.6 Å². The third kappa shape index (κ3) is 7.00. The number of hydrogen-bond donors (Lipinski definition) is 1. The van der Waals surface area contributed by atoms with Crippen LogP contribution >= 0.6 is 11.6 Å². The van der Waals surface area contributed by atoms with Crippen molar-refractivity contribution >= 4 is 23.4 Å². The van der Waals surface area contributed by atoms with Crippen molar-refractivity contribution in [3.05, 3.63) is 64.7 Å². The average molecular weight is 445 g/mol. The van der Waals surface area contributed by atoms with Crippen LogP contribution in [0.3, 0.4) is 0 Å². The molecule has 31 heavy (non-hydrogen) atoms. The van der Waals surface area contributed by atoms with E-state index in [9.17, 15) is 9.59 Å². The largest absolute Gasteiger partial charge is 0.483 e. The van der Waals surface area contributed by atoms with Gasteiger partial charge in [0.1, 0.15) is 11.8 Å². The minimum atomic E-state index is -0.598. The summed E-state index contributed by atoms with van der Waals surface area (Å²) in [6, 6.07) is 14.5. The first kappa shape index (κ1) is 24.7. The third-order valence-corrected chi connectivity index (χ3v) is 5.49. The Bertz CT molecular complexity index is 869. The Balaban J connectivity index is 2.25. The van der Waals surface area contributed by atoms with Gasteiger partial charge in [0.2, 0.25) is 5.91 Å². The number of halogens is 1. The van der Waals surface area contributed by atoms with E-state index in [1.165, 1.54) is 0 Å². The van der Waals surface area contributed by atoms with Crippen LogP contribution < -0.4 is 10.1 Å². The minimum Gasteiger partial charge on any atom is -0.483 e. The van der Waals surface area contributed by atoms with Gasteiger partial charge in [-0.25, -0.2) is 0 Å². The summed E-state index contributed by atoms with van der Waals surface area (Å²) in [5.74, 6) is 0.546. The molecule has 0 aliphatic heterocycles. The monoisotopic (exact) mass is 444 g/mol. The van der Waals surface area contributed by atoms with Crippen LogP contribution in [0, 0.1) is 0 Å². The van der Waals surface area contributed by atoms with E-state index in [4.69, 9.17) is 16.3 Å². The zero-order chi connectivity index (χ0) is 22.8. The fourth-order valence-electron chi connectivity index (χ4n) is 3.41. The molecule has 0 unspecified atom stereocenters. The van der Waals surface area contributed by atoms with Gasteiger partial charge in [-0.1, -0.05) is 75.7 Å². The molecule has 0 fully saturated rings. The highest BCUT2D eigenvalue weighted by atomic mass is 35.5. The second-order valence-corrected chi connectivity index (χ2v) is 8.22. The van der Waals surface area contributed by atoms with Gasteiger partial charge in [-0.05, 0) is 42.0 Å². The second-order valence-electron chi connectivity index (χ2n) is 7.81. The molecule has 2 aromatic rings. The molecular formula is C25H33ClN2O3. The number of ether oxygens (including phenoxy) is 1. The Labute approximate surface area is 190 Å². The van der Waals surface area contributed by atoms with Crippen molar-refractivity contribution in [1.29, 1.82) is 0 Å². The van der Waals surface area contributed by atoms with Crippen LogP contribution in [0.2, 0.25) is 5.02 Å². The first-order valence-electron chi connectivity index (χ1n) is 10.9. The molecule has 0 heterocycles. The summed E-state index contributed by atoms with van der Waals surface area (Å²) in [7, 11) is 0. The van der Waals surface area contributed by atoms with Crippen molar-refractivity contribution in [3.8, 4) is 5.75 Å². The van der Waals surface area contributed by atoms with Gasteiger partial charge in [0.25, 0.3) is 5.91 Å². The van der Waals surface area contributed by atoms with Gasteiger partial charge in [0, 0.05) is 18.1 Å². The van der Waals surface area contributed by atoms with Crippen molar-refractivity contribution in [1.82, 2.24) is 10.2 Å². The molecule has 168 valence electrons. The normalized spacial score (nSPS) is 11.8. The zero-order valence-corrected chi connectivity index (χ0v) is 19.6. The highest BCUT2D eigenvalue weighted by molar-refractivity contribution is 6.31. The van der Waals surface area contributed by atoms with E-state index in [0.717, 1.165) is 17.5 Å². The molecule has 0 bridgehead atoms. The lowest BCUT2D eigenvalue weighted by molar-refractivity contribution is -0.143. The van der Waals surface area contributed by atoms with Crippen LogP contribution in [0.25, 0.3) is 0 Å². The van der Waals surface area contributed by atoms with E-state index in [1.807, 2.05) is 56.3 Å². The lowest BCUT2D eigenvalue weighted by Crippen LogP contribution is -2.50. The average Bonchev–Trinajstić information content (AvgIpc) is 2.77. The Morgan fingerprint density at radius 2 is 1.74 bits per heavy atom. The predicted molar refractivity (Wildman–Crippen MR) is 125 cm³/mol. The predicted octanol–water partition coefficient (Wildman–Crippen LogP) is 5.18. The molecule has 2 aromatic carbocycles. The molecular weight excluding hydrogens is 412 g/mol. The molecule has 1 atom stereocenters. The summed E-state index contributed by atoms with van der Waals surface area (Å²) >= 11 is 6.34. The van der Waals surface area contributed by atoms with Crippen molar-refractivity contribution in [2.75, 3.05) is 13.2 Å². The molecule has 0 aromatic heterocycles. The van der Waals surface area contributed by atoms with Gasteiger partial charge < -0.3 is 15.0 Å². The number of nitrogens with zero attached hydrogens (tertiary/aromatic N) is 1. The van der Waals surface area contributed by atoms with Crippen LogP contribution in [0.1, 0.15) is 57.6 Å². The number of rotatable bonds is 11. The Morgan fingerprint density at radius 1 is 1.06 bits per heavy atom. The molecule has 0 spiro atoms. The lowest BCUT2D eigenvalue weighted by Gasteiger charge is -2.31. The van der Waals surface area contributed by atoms with Crippen LogP contribution in [0.15, 0.2) is 48.5 Å². The van der Waals surface area contributed by atoms with Crippen molar-refractivity contribution in [3.63, 3.8) is 0 Å². The maximum atomic E-state index is 13.3. The lowest BCUT2D eigenvalue weighted by atomic mass is 10.0. The van der Waals surface area contributed by atoms with Crippen LogP contribution in [0.5, 0.6) is 5.75 Å². The molecule has 0 aliphatic carbocycles. The molecule has 5 nitrogen and oxygen atoms in total. The summed E-state index contributed by atoms with van der Waals surface area (Å²) in [5, 5.41) is 3.48. The smallest absolute Gasteiger partial charge is 0.261 e. The van der Waals surface area contributed by atoms with E-state index in [1.54, 1.807) is 11.0 Å². The van der Waals surface area contributed by atoms with E-state index >= 15 is 0 Å². The number of amides is 2. The molecule has 0 saturated heterocycles. The molecule has 2 amide bonds. The van der Waals surface area contributed by atoms with E-state index in [-0.39, 0.29) is 30.9 Å². The molecule has 0 aliphatic rings. The molecule has 6 heteroatoms. The fraction of sp³-hybridized carbons (Fsp3) is 0.440. The molecule has 1 N–H and O–H groups in total. The summed E-state index contributed by atoms with van der Waals surface area (Å²) in [4.78, 5) is 27.6. The highest BCUT2D eigenvalue weighted by Gasteiger charge is 2.29. The highest BCUT2D eigenvalue weighted by Crippen LogP contribution is 2.26. The number of carbonyl (C=O) groups is 2. The Hall–Kier alpha value is -2.53. The Kier molecular flexibility index (Phi) is 9.86. The quantitative estimate of drug-likeness (QED) is 0.519. The van der Waals surface area contributed by atoms with Gasteiger partial charge >= 0.3 is 0 Å². The number of nitrogens with one attached hydrogen (secondary N) is 1. The van der Waals surface area contributed by atoms with Gasteiger partial charge in [-0.2, -0.15) is 0 Å². The number of hydrogen-bond acceptors (Lipinski definition) is 3. The molecule has 0 radical (unpaired) electrons. The van der Waals surface area contributed by atoms with Crippen LogP contribution in [-0.4, -0.2) is 35.9 Å². The number of carbonyl (C=O) groups excluding carboxylic acids is 2. The maximum Gasteiger partial charge on any atom is 0.261 e. The summed E-state index contributed by atoms with van der Waals surface area (Å²) in [6.07, 6.45) is 1.32. The minimum absolute atomic E-state index is 0.147. The first-order chi connectivity index (χ1) is 14.9. The van der Waals surface area contributed by atoms with E-state index < -0.39 is 6.04 Å². The van der Waals surface area contributed by atoms with Gasteiger partial charge in [0.15, 0.2) is 6.61 Å². The van der Waals surface area contributed by atoms with Gasteiger partial charge in [-0.15, -0.1) is 0 Å². The van der Waals surface area contributed by atoms with Gasteiger partial charge in [0.05, 0.1) is 0 Å². The van der Waals surface area contributed by atoms with Gasteiger partial charge in [-0.3, -0.25) is 9.59 Å². The van der Waals surface area contributed by atoms with Crippen molar-refractivity contribution < 1.29 is 14.3 Å². The molecule has 0 saturated carbocycles. The second kappa shape index (κ2) is 12.4. The standard InChI is InChI=1S/C25H33ClN2O3/c1-5-15-27-25(30)22(6-2)28(16-19-11-7-9-13-21(19)26)24(29)17-31-23-14-10-8-12-20(23)18(3)4/h7-14,18,22H,5-6,15-17H2,1-4H3,(H,27,30)/t22-/m1/s1. The zero-order valence-electron chi connectivity index (χ0n) is 18.9. The summed E-state index contributed by atoms with van der Waals surface area (Å²) in [6.45, 7) is 8.73. The van der Waals surface area contributed by atoms with E-state index in [0.29, 0.717) is 23.7 Å². The molecule has 2 rings (SSSR count).